The zero-order valence-electron chi connectivity index (χ0n) is 14.4. The maximum atomic E-state index is 12.2. The van der Waals surface area contributed by atoms with Crippen LogP contribution >= 0.6 is 0 Å². The van der Waals surface area contributed by atoms with Gasteiger partial charge in [-0.2, -0.15) is 0 Å². The van der Waals surface area contributed by atoms with E-state index in [1.807, 2.05) is 31.2 Å². The van der Waals surface area contributed by atoms with E-state index >= 15 is 0 Å². The summed E-state index contributed by atoms with van der Waals surface area (Å²) in [5, 5.41) is 5.23. The molecule has 1 atom stereocenters. The van der Waals surface area contributed by atoms with Gasteiger partial charge in [0.25, 0.3) is 0 Å². The third kappa shape index (κ3) is 4.69. The molecule has 0 aliphatic carbocycles. The SMILES string of the molecule is CC[C@H](NC(=O)C(=O)Nc1cnccc1OC)c1ccc(OC)cc1. The molecule has 1 aromatic heterocycles. The molecule has 0 saturated heterocycles. The summed E-state index contributed by atoms with van der Waals surface area (Å²) >= 11 is 0. The van der Waals surface area contributed by atoms with Gasteiger partial charge in [-0.1, -0.05) is 19.1 Å². The molecule has 0 spiro atoms. The van der Waals surface area contributed by atoms with E-state index in [4.69, 9.17) is 9.47 Å². The summed E-state index contributed by atoms with van der Waals surface area (Å²) in [5.74, 6) is -0.350. The number of methoxy groups -OCH3 is 2. The molecule has 1 heterocycles. The normalized spacial score (nSPS) is 11.3. The molecule has 7 heteroatoms. The number of ether oxygens (including phenoxy) is 2. The molecule has 0 aliphatic rings. The smallest absolute Gasteiger partial charge is 0.313 e. The van der Waals surface area contributed by atoms with Gasteiger partial charge < -0.3 is 20.1 Å². The first-order chi connectivity index (χ1) is 12.1. The molecular weight excluding hydrogens is 322 g/mol. The van der Waals surface area contributed by atoms with Crippen LogP contribution in [0.15, 0.2) is 42.7 Å². The highest BCUT2D eigenvalue weighted by Crippen LogP contribution is 2.22. The van der Waals surface area contributed by atoms with Gasteiger partial charge in [0.2, 0.25) is 0 Å². The van der Waals surface area contributed by atoms with E-state index in [0.717, 1.165) is 11.3 Å². The van der Waals surface area contributed by atoms with Crippen molar-refractivity contribution in [2.45, 2.75) is 19.4 Å². The molecular formula is C18H21N3O4. The van der Waals surface area contributed by atoms with E-state index in [-0.39, 0.29) is 6.04 Å². The minimum Gasteiger partial charge on any atom is -0.497 e. The number of nitrogens with one attached hydrogen (secondary N) is 2. The summed E-state index contributed by atoms with van der Waals surface area (Å²) in [7, 11) is 3.06. The molecule has 0 unspecified atom stereocenters. The van der Waals surface area contributed by atoms with Gasteiger partial charge in [0.1, 0.15) is 17.2 Å². The van der Waals surface area contributed by atoms with Crippen LogP contribution in [0.2, 0.25) is 0 Å². The monoisotopic (exact) mass is 343 g/mol. The molecule has 2 aromatic rings. The minimum absolute atomic E-state index is 0.278. The number of hydrogen-bond donors (Lipinski definition) is 2. The van der Waals surface area contributed by atoms with Crippen LogP contribution in [0.3, 0.4) is 0 Å². The molecule has 132 valence electrons. The van der Waals surface area contributed by atoms with Gasteiger partial charge in [-0.15, -0.1) is 0 Å². The van der Waals surface area contributed by atoms with E-state index in [1.165, 1.54) is 19.5 Å². The maximum absolute atomic E-state index is 12.2. The average Bonchev–Trinajstić information content (AvgIpc) is 2.66. The summed E-state index contributed by atoms with van der Waals surface area (Å²) in [4.78, 5) is 28.2. The van der Waals surface area contributed by atoms with E-state index < -0.39 is 11.8 Å². The van der Waals surface area contributed by atoms with Gasteiger partial charge in [-0.05, 0) is 24.1 Å². The Bertz CT molecular complexity index is 731. The Kier molecular flexibility index (Phi) is 6.33. The number of anilines is 1. The second-order valence-corrected chi connectivity index (χ2v) is 5.24. The number of benzene rings is 1. The molecule has 25 heavy (non-hydrogen) atoms. The molecule has 2 rings (SSSR count). The lowest BCUT2D eigenvalue weighted by molar-refractivity contribution is -0.136. The van der Waals surface area contributed by atoms with Crippen LogP contribution in [0.5, 0.6) is 11.5 Å². The molecule has 2 amide bonds. The summed E-state index contributed by atoms with van der Waals surface area (Å²) < 4.78 is 10.2. The van der Waals surface area contributed by atoms with Gasteiger partial charge in [-0.25, -0.2) is 0 Å². The number of hydrogen-bond acceptors (Lipinski definition) is 5. The summed E-state index contributed by atoms with van der Waals surface area (Å²) in [6.45, 7) is 1.93. The topological polar surface area (TPSA) is 89.6 Å². The van der Waals surface area contributed by atoms with Crippen molar-refractivity contribution in [3.05, 3.63) is 48.3 Å². The van der Waals surface area contributed by atoms with E-state index in [1.54, 1.807) is 13.2 Å². The highest BCUT2D eigenvalue weighted by atomic mass is 16.5. The number of carbonyl (C=O) groups is 2. The van der Waals surface area contributed by atoms with Gasteiger partial charge in [0.15, 0.2) is 0 Å². The first-order valence-electron chi connectivity index (χ1n) is 7.82. The molecule has 0 saturated carbocycles. The van der Waals surface area contributed by atoms with Crippen LogP contribution in [-0.4, -0.2) is 31.0 Å². The van der Waals surface area contributed by atoms with Gasteiger partial charge in [-0.3, -0.25) is 14.6 Å². The number of rotatable bonds is 6. The summed E-state index contributed by atoms with van der Waals surface area (Å²) in [6.07, 6.45) is 3.59. The van der Waals surface area contributed by atoms with Gasteiger partial charge >= 0.3 is 11.8 Å². The van der Waals surface area contributed by atoms with Crippen LogP contribution in [0.4, 0.5) is 5.69 Å². The number of pyridine rings is 1. The average molecular weight is 343 g/mol. The molecule has 0 bridgehead atoms. The fraction of sp³-hybridized carbons (Fsp3) is 0.278. The van der Waals surface area contributed by atoms with Crippen molar-refractivity contribution in [1.29, 1.82) is 0 Å². The lowest BCUT2D eigenvalue weighted by Crippen LogP contribution is -2.37. The van der Waals surface area contributed by atoms with Crippen molar-refractivity contribution in [2.24, 2.45) is 0 Å². The number of carbonyl (C=O) groups excluding carboxylic acids is 2. The van der Waals surface area contributed by atoms with Crippen molar-refractivity contribution >= 4 is 17.5 Å². The van der Waals surface area contributed by atoms with Gasteiger partial charge in [0.05, 0.1) is 26.5 Å². The summed E-state index contributed by atoms with van der Waals surface area (Å²) in [6, 6.07) is 8.65. The predicted octanol–water partition coefficient (Wildman–Crippen LogP) is 2.30. The Morgan fingerprint density at radius 1 is 1.08 bits per heavy atom. The van der Waals surface area contributed by atoms with Crippen LogP contribution in [-0.2, 0) is 9.59 Å². The first kappa shape index (κ1) is 18.3. The standard InChI is InChI=1S/C18H21N3O4/c1-4-14(12-5-7-13(24-2)8-6-12)20-17(22)18(23)21-15-11-19-10-9-16(15)25-3/h5-11,14H,4H2,1-3H3,(H,20,22)(H,21,23)/t14-/m0/s1. The second-order valence-electron chi connectivity index (χ2n) is 5.24. The number of amides is 2. The van der Waals surface area contributed by atoms with Crippen LogP contribution in [0, 0.1) is 0 Å². The lowest BCUT2D eigenvalue weighted by Gasteiger charge is -2.17. The van der Waals surface area contributed by atoms with E-state index in [0.29, 0.717) is 17.9 Å². The Morgan fingerprint density at radius 2 is 1.80 bits per heavy atom. The predicted molar refractivity (Wildman–Crippen MR) is 93.6 cm³/mol. The third-order valence-corrected chi connectivity index (χ3v) is 3.69. The fourth-order valence-electron chi connectivity index (χ4n) is 2.31. The van der Waals surface area contributed by atoms with E-state index in [9.17, 15) is 9.59 Å². The Morgan fingerprint density at radius 3 is 2.40 bits per heavy atom. The van der Waals surface area contributed by atoms with E-state index in [2.05, 4.69) is 15.6 Å². The van der Waals surface area contributed by atoms with Gasteiger partial charge in [0, 0.05) is 12.3 Å². The largest absolute Gasteiger partial charge is 0.497 e. The molecule has 0 fully saturated rings. The molecule has 2 N–H and O–H groups in total. The fourth-order valence-corrected chi connectivity index (χ4v) is 2.31. The Hall–Kier alpha value is -3.09. The van der Waals surface area contributed by atoms with Crippen molar-refractivity contribution in [3.63, 3.8) is 0 Å². The second kappa shape index (κ2) is 8.68. The zero-order valence-corrected chi connectivity index (χ0v) is 14.4. The van der Waals surface area contributed by atoms with Crippen molar-refractivity contribution < 1.29 is 19.1 Å². The van der Waals surface area contributed by atoms with Crippen molar-refractivity contribution in [2.75, 3.05) is 19.5 Å². The highest BCUT2D eigenvalue weighted by Gasteiger charge is 2.20. The third-order valence-electron chi connectivity index (χ3n) is 3.69. The number of aromatic nitrogens is 1. The zero-order chi connectivity index (χ0) is 18.2. The van der Waals surface area contributed by atoms with Crippen LogP contribution < -0.4 is 20.1 Å². The highest BCUT2D eigenvalue weighted by molar-refractivity contribution is 6.39. The molecule has 0 radical (unpaired) electrons. The van der Waals surface area contributed by atoms with Crippen molar-refractivity contribution in [1.82, 2.24) is 10.3 Å². The number of nitrogens with zero attached hydrogens (tertiary/aromatic N) is 1. The Balaban J connectivity index is 2.04. The Labute approximate surface area is 146 Å². The van der Waals surface area contributed by atoms with Crippen LogP contribution in [0.1, 0.15) is 24.9 Å². The minimum atomic E-state index is -0.779. The van der Waals surface area contributed by atoms with Crippen LogP contribution in [0.25, 0.3) is 0 Å². The lowest BCUT2D eigenvalue weighted by atomic mass is 10.0. The maximum Gasteiger partial charge on any atom is 0.313 e. The first-order valence-corrected chi connectivity index (χ1v) is 7.82. The summed E-state index contributed by atoms with van der Waals surface area (Å²) in [5.41, 5.74) is 1.23. The quantitative estimate of drug-likeness (QED) is 0.786. The molecule has 0 aliphatic heterocycles. The molecule has 1 aromatic carbocycles. The molecule has 7 nitrogen and oxygen atoms in total. The van der Waals surface area contributed by atoms with Crippen molar-refractivity contribution in [3.8, 4) is 11.5 Å².